The number of benzene rings is 5. The summed E-state index contributed by atoms with van der Waals surface area (Å²) in [6, 6.07) is 31.9. The van der Waals surface area contributed by atoms with Gasteiger partial charge in [-0.25, -0.2) is 0 Å². The topological polar surface area (TPSA) is 165 Å². The molecule has 246 valence electrons. The molecule has 50 heavy (non-hydrogen) atoms. The van der Waals surface area contributed by atoms with E-state index >= 15 is 0 Å². The van der Waals surface area contributed by atoms with Gasteiger partial charge in [-0.1, -0.05) is 60.7 Å². The van der Waals surface area contributed by atoms with Gasteiger partial charge in [-0.05, 0) is 60.2 Å². The van der Waals surface area contributed by atoms with Crippen LogP contribution >= 0.6 is 11.8 Å². The molecule has 0 spiro atoms. The van der Waals surface area contributed by atoms with Crippen LogP contribution in [0.4, 0.5) is 17.1 Å². The molecule has 6 rings (SSSR count). The Labute approximate surface area is 289 Å². The Kier molecular flexibility index (Phi) is 9.73. The molecule has 0 unspecified atom stereocenters. The summed E-state index contributed by atoms with van der Waals surface area (Å²) >= 11 is 1.18. The van der Waals surface area contributed by atoms with Gasteiger partial charge in [0.25, 0.3) is 17.5 Å². The fourth-order valence-electron chi connectivity index (χ4n) is 5.25. The summed E-state index contributed by atoms with van der Waals surface area (Å²) < 4.78 is 0. The highest BCUT2D eigenvalue weighted by Crippen LogP contribution is 2.32. The lowest BCUT2D eigenvalue weighted by Crippen LogP contribution is -2.30. The van der Waals surface area contributed by atoms with Gasteiger partial charge in [0.15, 0.2) is 11.6 Å². The summed E-state index contributed by atoms with van der Waals surface area (Å²) in [6.45, 7) is 0. The van der Waals surface area contributed by atoms with E-state index in [9.17, 15) is 34.1 Å². The van der Waals surface area contributed by atoms with Gasteiger partial charge in [-0.2, -0.15) is 0 Å². The van der Waals surface area contributed by atoms with Crippen LogP contribution in [-0.4, -0.2) is 40.0 Å². The van der Waals surface area contributed by atoms with E-state index in [1.165, 1.54) is 42.1 Å². The molecule has 5 aromatic carbocycles. The van der Waals surface area contributed by atoms with E-state index in [0.717, 1.165) is 0 Å². The van der Waals surface area contributed by atoms with E-state index in [4.69, 9.17) is 0 Å². The van der Waals surface area contributed by atoms with Crippen molar-refractivity contribution in [1.29, 1.82) is 0 Å². The SMILES string of the molecule is O=C(CSc1cccc(NC(=O)/C(=C\c2ccc([N+](=O)[O-])cc2)NC(=O)c2ccccc2)c1)Nc1cccc2c1C(=O)c1ccccc1C2=O. The van der Waals surface area contributed by atoms with Crippen LogP contribution in [0.2, 0.25) is 0 Å². The van der Waals surface area contributed by atoms with Crippen molar-refractivity contribution in [3.05, 3.63) is 171 Å². The zero-order valence-electron chi connectivity index (χ0n) is 26.0. The maximum Gasteiger partial charge on any atom is 0.272 e. The van der Waals surface area contributed by atoms with Crippen molar-refractivity contribution in [2.45, 2.75) is 4.90 Å². The molecular formula is C38H26N4O7S. The van der Waals surface area contributed by atoms with Gasteiger partial charge >= 0.3 is 0 Å². The number of carbonyl (C=O) groups excluding carboxylic acids is 5. The molecule has 0 radical (unpaired) electrons. The van der Waals surface area contributed by atoms with Gasteiger partial charge in [-0.3, -0.25) is 34.1 Å². The number of non-ortho nitro benzene ring substituents is 1. The summed E-state index contributed by atoms with van der Waals surface area (Å²) in [7, 11) is 0. The highest BCUT2D eigenvalue weighted by atomic mass is 32.2. The van der Waals surface area contributed by atoms with Crippen molar-refractivity contribution < 1.29 is 28.9 Å². The molecule has 5 aromatic rings. The Morgan fingerprint density at radius 1 is 0.720 bits per heavy atom. The number of thioether (sulfide) groups is 1. The van der Waals surface area contributed by atoms with E-state index < -0.39 is 22.6 Å². The zero-order valence-corrected chi connectivity index (χ0v) is 26.9. The number of rotatable bonds is 10. The summed E-state index contributed by atoms with van der Waals surface area (Å²) in [6.07, 6.45) is 1.40. The van der Waals surface area contributed by atoms with E-state index in [1.54, 1.807) is 97.1 Å². The van der Waals surface area contributed by atoms with Crippen LogP contribution in [0, 0.1) is 10.1 Å². The van der Waals surface area contributed by atoms with Crippen LogP contribution in [0.3, 0.4) is 0 Å². The minimum absolute atomic E-state index is 0.0434. The molecule has 1 aliphatic carbocycles. The number of hydrogen-bond donors (Lipinski definition) is 3. The molecule has 11 nitrogen and oxygen atoms in total. The van der Waals surface area contributed by atoms with Crippen molar-refractivity contribution in [3.8, 4) is 0 Å². The van der Waals surface area contributed by atoms with Crippen LogP contribution in [0.25, 0.3) is 6.08 Å². The number of nitro benzene ring substituents is 1. The maximum absolute atomic E-state index is 13.5. The van der Waals surface area contributed by atoms with Crippen LogP contribution < -0.4 is 16.0 Å². The number of nitrogens with one attached hydrogen (secondary N) is 3. The third-order valence-electron chi connectivity index (χ3n) is 7.63. The molecule has 0 heterocycles. The molecule has 0 fully saturated rings. The standard InChI is InChI=1S/C38H26N4O7S/c43-33(40-31-15-7-14-30-34(31)36(45)29-13-5-4-12-28(29)35(30)44)22-50-27-11-6-10-25(21-27)39-38(47)32(41-37(46)24-8-2-1-3-9-24)20-23-16-18-26(19-17-23)42(48)49/h1-21H,22H2,(H,39,47)(H,40,43)(H,41,46)/b32-20+. The van der Waals surface area contributed by atoms with Crippen LogP contribution in [0.5, 0.6) is 0 Å². The summed E-state index contributed by atoms with van der Waals surface area (Å²) in [5.74, 6) is -2.26. The quantitative estimate of drug-likeness (QED) is 0.0637. The predicted octanol–water partition coefficient (Wildman–Crippen LogP) is 6.51. The zero-order chi connectivity index (χ0) is 35.2. The lowest BCUT2D eigenvalue weighted by atomic mass is 9.83. The molecule has 0 aliphatic heterocycles. The Balaban J connectivity index is 1.14. The summed E-state index contributed by atoms with van der Waals surface area (Å²) in [4.78, 5) is 76.9. The van der Waals surface area contributed by atoms with Crippen molar-refractivity contribution in [2.75, 3.05) is 16.4 Å². The van der Waals surface area contributed by atoms with Gasteiger partial charge in [0.2, 0.25) is 5.91 Å². The first-order valence-corrected chi connectivity index (χ1v) is 16.1. The minimum atomic E-state index is -0.651. The molecule has 0 bridgehead atoms. The number of nitro groups is 1. The van der Waals surface area contributed by atoms with Crippen LogP contribution in [0.15, 0.2) is 132 Å². The number of fused-ring (bicyclic) bond motifs is 2. The summed E-state index contributed by atoms with van der Waals surface area (Å²) in [5, 5.41) is 19.2. The Morgan fingerprint density at radius 2 is 1.38 bits per heavy atom. The second kappa shape index (κ2) is 14.6. The second-order valence-electron chi connectivity index (χ2n) is 11.0. The van der Waals surface area contributed by atoms with Crippen molar-refractivity contribution in [2.24, 2.45) is 0 Å². The number of anilines is 2. The van der Waals surface area contributed by atoms with E-state index in [2.05, 4.69) is 16.0 Å². The average Bonchev–Trinajstić information content (AvgIpc) is 3.13. The monoisotopic (exact) mass is 682 g/mol. The van der Waals surface area contributed by atoms with E-state index in [1.807, 2.05) is 0 Å². The molecule has 0 aromatic heterocycles. The van der Waals surface area contributed by atoms with Gasteiger partial charge in [0.05, 0.1) is 21.9 Å². The Bertz CT molecular complexity index is 2220. The molecule has 3 amide bonds. The van der Waals surface area contributed by atoms with Gasteiger partial charge in [0.1, 0.15) is 5.70 Å². The first-order valence-electron chi connectivity index (χ1n) is 15.2. The van der Waals surface area contributed by atoms with Gasteiger partial charge in [-0.15, -0.1) is 11.8 Å². The Morgan fingerprint density at radius 3 is 2.10 bits per heavy atom. The second-order valence-corrected chi connectivity index (χ2v) is 12.0. The first-order chi connectivity index (χ1) is 24.2. The van der Waals surface area contributed by atoms with Crippen molar-refractivity contribution in [3.63, 3.8) is 0 Å². The highest BCUT2D eigenvalue weighted by molar-refractivity contribution is 8.00. The normalized spacial score (nSPS) is 12.0. The number of amides is 3. The van der Waals surface area contributed by atoms with E-state index in [-0.39, 0.29) is 51.1 Å². The fourth-order valence-corrected chi connectivity index (χ4v) is 6.00. The molecule has 1 aliphatic rings. The van der Waals surface area contributed by atoms with E-state index in [0.29, 0.717) is 27.3 Å². The smallest absolute Gasteiger partial charge is 0.272 e. The minimum Gasteiger partial charge on any atom is -0.325 e. The Hall–Kier alpha value is -6.66. The van der Waals surface area contributed by atoms with Gasteiger partial charge in [0, 0.05) is 45.0 Å². The number of carbonyl (C=O) groups is 5. The molecule has 0 saturated heterocycles. The number of hydrogen-bond acceptors (Lipinski definition) is 8. The third-order valence-corrected chi connectivity index (χ3v) is 8.63. The highest BCUT2D eigenvalue weighted by Gasteiger charge is 2.31. The average molecular weight is 683 g/mol. The molecule has 0 saturated carbocycles. The maximum atomic E-state index is 13.5. The lowest BCUT2D eigenvalue weighted by molar-refractivity contribution is -0.384. The van der Waals surface area contributed by atoms with Gasteiger partial charge < -0.3 is 16.0 Å². The number of ketones is 2. The largest absolute Gasteiger partial charge is 0.325 e. The lowest BCUT2D eigenvalue weighted by Gasteiger charge is -2.20. The molecular weight excluding hydrogens is 657 g/mol. The van der Waals surface area contributed by atoms with Crippen molar-refractivity contribution in [1.82, 2.24) is 5.32 Å². The van der Waals surface area contributed by atoms with Crippen LogP contribution in [0.1, 0.15) is 47.8 Å². The van der Waals surface area contributed by atoms with Crippen LogP contribution in [-0.2, 0) is 9.59 Å². The third kappa shape index (κ3) is 7.40. The number of nitrogens with zero attached hydrogens (tertiary/aromatic N) is 1. The van der Waals surface area contributed by atoms with Crippen molar-refractivity contribution >= 4 is 64.2 Å². The molecule has 0 atom stereocenters. The fraction of sp³-hybridized carbons (Fsp3) is 0.0263. The molecule has 3 N–H and O–H groups in total. The summed E-state index contributed by atoms with van der Waals surface area (Å²) in [5.41, 5.74) is 2.14. The predicted molar refractivity (Wildman–Crippen MR) is 189 cm³/mol. The molecule has 12 heteroatoms. The first kappa shape index (κ1) is 33.2.